The molecule has 0 radical (unpaired) electrons. The molecule has 2 N–H and O–H groups in total. The van der Waals surface area contributed by atoms with Gasteiger partial charge in [-0.15, -0.1) is 12.4 Å². The van der Waals surface area contributed by atoms with E-state index in [2.05, 4.69) is 32.7 Å². The Labute approximate surface area is 140 Å². The molecule has 1 aromatic carbocycles. The highest BCUT2D eigenvalue weighted by Gasteiger charge is 2.39. The first-order valence-electron chi connectivity index (χ1n) is 7.76. The van der Waals surface area contributed by atoms with E-state index in [4.69, 9.17) is 10.3 Å². The zero-order valence-electron chi connectivity index (χ0n) is 13.0. The van der Waals surface area contributed by atoms with Crippen LogP contribution in [0.2, 0.25) is 0 Å². The van der Waals surface area contributed by atoms with Gasteiger partial charge >= 0.3 is 0 Å². The zero-order chi connectivity index (χ0) is 15.2. The molecule has 3 aromatic rings. The Hall–Kier alpha value is -1.92. The number of aromatic nitrogens is 4. The molecule has 1 fully saturated rings. The number of halogens is 1. The molecule has 4 rings (SSSR count). The van der Waals surface area contributed by atoms with Crippen LogP contribution in [0.1, 0.15) is 43.7 Å². The highest BCUT2D eigenvalue weighted by Crippen LogP contribution is 2.36. The fourth-order valence-electron chi connectivity index (χ4n) is 3.01. The molecule has 0 amide bonds. The lowest BCUT2D eigenvalue weighted by atomic mass is 9.77. The topological polar surface area (TPSA) is 82.8 Å². The zero-order valence-corrected chi connectivity index (χ0v) is 13.8. The van der Waals surface area contributed by atoms with E-state index in [0.717, 1.165) is 42.5 Å². The maximum atomic E-state index is 6.25. The van der Waals surface area contributed by atoms with Gasteiger partial charge in [-0.25, -0.2) is 4.98 Å². The van der Waals surface area contributed by atoms with Crippen LogP contribution in [0.25, 0.3) is 11.0 Å². The largest absolute Gasteiger partial charge is 0.337 e. The molecule has 7 heteroatoms. The molecule has 0 unspecified atom stereocenters. The maximum absolute atomic E-state index is 6.25. The van der Waals surface area contributed by atoms with Crippen molar-refractivity contribution < 1.29 is 4.52 Å². The van der Waals surface area contributed by atoms with Crippen LogP contribution in [0.4, 0.5) is 0 Å². The molecule has 1 aliphatic rings. The van der Waals surface area contributed by atoms with Crippen LogP contribution in [0.5, 0.6) is 0 Å². The van der Waals surface area contributed by atoms with Crippen LogP contribution >= 0.6 is 12.4 Å². The van der Waals surface area contributed by atoms with Crippen LogP contribution in [-0.2, 0) is 18.5 Å². The van der Waals surface area contributed by atoms with E-state index in [9.17, 15) is 0 Å². The van der Waals surface area contributed by atoms with Crippen molar-refractivity contribution in [3.8, 4) is 0 Å². The molecule has 0 spiro atoms. The molecule has 122 valence electrons. The van der Waals surface area contributed by atoms with Crippen molar-refractivity contribution in [1.29, 1.82) is 0 Å². The number of para-hydroxylation sites is 2. The average molecular weight is 334 g/mol. The number of benzene rings is 1. The predicted octanol–water partition coefficient (Wildman–Crippen LogP) is 2.79. The Bertz CT molecular complexity index is 821. The third-order valence-electron chi connectivity index (χ3n) is 4.50. The van der Waals surface area contributed by atoms with Crippen molar-refractivity contribution in [2.75, 3.05) is 0 Å². The minimum Gasteiger partial charge on any atom is -0.337 e. The Morgan fingerprint density at radius 1 is 1.26 bits per heavy atom. The molecule has 0 aliphatic heterocycles. The van der Waals surface area contributed by atoms with Gasteiger partial charge in [0, 0.05) is 6.42 Å². The first kappa shape index (κ1) is 16.0. The van der Waals surface area contributed by atoms with E-state index in [1.165, 1.54) is 0 Å². The molecule has 2 aromatic heterocycles. The summed E-state index contributed by atoms with van der Waals surface area (Å²) in [6, 6.07) is 8.10. The van der Waals surface area contributed by atoms with Gasteiger partial charge < -0.3 is 14.8 Å². The summed E-state index contributed by atoms with van der Waals surface area (Å²) in [4.78, 5) is 9.17. The van der Waals surface area contributed by atoms with E-state index in [1.54, 1.807) is 0 Å². The quantitative estimate of drug-likeness (QED) is 0.793. The summed E-state index contributed by atoms with van der Waals surface area (Å²) in [7, 11) is 0. The number of fused-ring (bicyclic) bond motifs is 1. The third-order valence-corrected chi connectivity index (χ3v) is 4.50. The lowest BCUT2D eigenvalue weighted by molar-refractivity contribution is 0.229. The lowest BCUT2D eigenvalue weighted by Crippen LogP contribution is -2.44. The van der Waals surface area contributed by atoms with Gasteiger partial charge in [-0.3, -0.25) is 0 Å². The van der Waals surface area contributed by atoms with Crippen molar-refractivity contribution in [2.45, 2.75) is 44.7 Å². The maximum Gasteiger partial charge on any atom is 0.246 e. The number of imidazole rings is 1. The molecule has 23 heavy (non-hydrogen) atoms. The monoisotopic (exact) mass is 333 g/mol. The van der Waals surface area contributed by atoms with Crippen molar-refractivity contribution >= 4 is 23.4 Å². The van der Waals surface area contributed by atoms with Crippen LogP contribution in [0.3, 0.4) is 0 Å². The standard InChI is InChI=1S/C16H19N5O.ClH/c1-2-13-18-11-6-3-4-7-12(11)21(13)10-14-19-15(20-22-14)16(17)8-5-9-16;/h3-4,6-7H,2,5,8-10,17H2,1H3;1H. The molecular weight excluding hydrogens is 314 g/mol. The van der Waals surface area contributed by atoms with Crippen molar-refractivity contribution in [1.82, 2.24) is 19.7 Å². The highest BCUT2D eigenvalue weighted by atomic mass is 35.5. The van der Waals surface area contributed by atoms with Crippen molar-refractivity contribution in [2.24, 2.45) is 5.73 Å². The molecule has 1 aliphatic carbocycles. The van der Waals surface area contributed by atoms with Crippen LogP contribution < -0.4 is 5.73 Å². The second-order valence-corrected chi connectivity index (χ2v) is 5.98. The number of rotatable bonds is 4. The minimum absolute atomic E-state index is 0. The van der Waals surface area contributed by atoms with E-state index in [0.29, 0.717) is 18.3 Å². The summed E-state index contributed by atoms with van der Waals surface area (Å²) < 4.78 is 7.55. The fourth-order valence-corrected chi connectivity index (χ4v) is 3.01. The van der Waals surface area contributed by atoms with Crippen molar-refractivity contribution in [3.05, 3.63) is 41.8 Å². The summed E-state index contributed by atoms with van der Waals surface area (Å²) in [5.74, 6) is 2.24. The molecule has 0 saturated heterocycles. The SMILES string of the molecule is CCc1nc2ccccc2n1Cc1nc(C2(N)CCC2)no1.Cl. The molecular formula is C16H20ClN5O. The van der Waals surface area contributed by atoms with Gasteiger partial charge in [-0.1, -0.05) is 24.2 Å². The Balaban J connectivity index is 0.00000156. The summed E-state index contributed by atoms with van der Waals surface area (Å²) in [5, 5.41) is 4.08. The number of hydrogen-bond donors (Lipinski definition) is 1. The molecule has 0 bridgehead atoms. The van der Waals surface area contributed by atoms with Gasteiger partial charge in [0.25, 0.3) is 0 Å². The lowest BCUT2D eigenvalue weighted by Gasteiger charge is -2.34. The van der Waals surface area contributed by atoms with Gasteiger partial charge in [0.1, 0.15) is 12.4 Å². The molecule has 0 atom stereocenters. The second kappa shape index (κ2) is 5.94. The smallest absolute Gasteiger partial charge is 0.246 e. The fraction of sp³-hybridized carbons (Fsp3) is 0.438. The first-order chi connectivity index (χ1) is 10.7. The Kier molecular flexibility index (Phi) is 4.12. The van der Waals surface area contributed by atoms with Crippen LogP contribution in [-0.4, -0.2) is 19.7 Å². The van der Waals surface area contributed by atoms with Gasteiger partial charge in [0.05, 0.1) is 16.6 Å². The number of aryl methyl sites for hydroxylation is 1. The van der Waals surface area contributed by atoms with Crippen molar-refractivity contribution in [3.63, 3.8) is 0 Å². The van der Waals surface area contributed by atoms with Gasteiger partial charge in [0.15, 0.2) is 5.82 Å². The Morgan fingerprint density at radius 2 is 2.04 bits per heavy atom. The van der Waals surface area contributed by atoms with E-state index < -0.39 is 0 Å². The van der Waals surface area contributed by atoms with E-state index in [-0.39, 0.29) is 17.9 Å². The molecule has 6 nitrogen and oxygen atoms in total. The summed E-state index contributed by atoms with van der Waals surface area (Å²) >= 11 is 0. The highest BCUT2D eigenvalue weighted by molar-refractivity contribution is 5.85. The minimum atomic E-state index is -0.383. The Morgan fingerprint density at radius 3 is 2.74 bits per heavy atom. The molecule has 1 saturated carbocycles. The summed E-state index contributed by atoms with van der Waals surface area (Å²) in [6.07, 6.45) is 3.85. The summed E-state index contributed by atoms with van der Waals surface area (Å²) in [6.45, 7) is 2.63. The van der Waals surface area contributed by atoms with Crippen LogP contribution in [0, 0.1) is 0 Å². The van der Waals surface area contributed by atoms with Gasteiger partial charge in [0.2, 0.25) is 5.89 Å². The van der Waals surface area contributed by atoms with Gasteiger partial charge in [-0.05, 0) is 31.4 Å². The van der Waals surface area contributed by atoms with E-state index in [1.807, 2.05) is 18.2 Å². The average Bonchev–Trinajstić information content (AvgIpc) is 3.11. The number of hydrogen-bond acceptors (Lipinski definition) is 5. The first-order valence-corrected chi connectivity index (χ1v) is 7.76. The van der Waals surface area contributed by atoms with Gasteiger partial charge in [-0.2, -0.15) is 4.98 Å². The summed E-state index contributed by atoms with van der Waals surface area (Å²) in [5.41, 5.74) is 7.95. The van der Waals surface area contributed by atoms with E-state index >= 15 is 0 Å². The normalized spacial score (nSPS) is 16.1. The molecule has 2 heterocycles. The second-order valence-electron chi connectivity index (χ2n) is 5.98. The third kappa shape index (κ3) is 2.62. The van der Waals surface area contributed by atoms with Crippen LogP contribution in [0.15, 0.2) is 28.8 Å². The predicted molar refractivity (Wildman–Crippen MR) is 89.5 cm³/mol. The number of nitrogens with zero attached hydrogens (tertiary/aromatic N) is 4. The number of nitrogens with two attached hydrogens (primary N) is 1.